The summed E-state index contributed by atoms with van der Waals surface area (Å²) in [6.07, 6.45) is -4.09. The smallest absolute Gasteiger partial charge is 0.493 e. The highest BCUT2D eigenvalue weighted by atomic mass is 32.2. The molecule has 1 heterocycles. The molecule has 1 aliphatic heterocycles. The SMILES string of the molecule is COc1cc(C)cc(C(=O)Oc2ccc(O[C@@H]3O[C@@H](C)[C@H](OCc4ccccc4)[C@@H](OCc4ccccc4)[C@H]3OCc3ccccc3)c3c(OCc4ccccc4)cccc23)c1OS(=O)(=O)C(F)(F)F. The Kier molecular flexibility index (Phi) is 15.7. The maximum atomic E-state index is 14.1. The molecule has 7 aromatic carbocycles. The lowest BCUT2D eigenvalue weighted by molar-refractivity contribution is -0.300. The predicted octanol–water partition coefficient (Wildman–Crippen LogP) is 11.1. The summed E-state index contributed by atoms with van der Waals surface area (Å²) in [6.45, 7) is 4.14. The summed E-state index contributed by atoms with van der Waals surface area (Å²) < 4.78 is 121. The fourth-order valence-corrected chi connectivity index (χ4v) is 8.37. The minimum Gasteiger partial charge on any atom is -0.493 e. The van der Waals surface area contributed by atoms with Crippen LogP contribution in [0.1, 0.15) is 45.1 Å². The summed E-state index contributed by atoms with van der Waals surface area (Å²) in [6, 6.07) is 48.7. The van der Waals surface area contributed by atoms with Gasteiger partial charge in [0.2, 0.25) is 6.29 Å². The van der Waals surface area contributed by atoms with Gasteiger partial charge in [-0.25, -0.2) is 4.79 Å². The van der Waals surface area contributed by atoms with Crippen molar-refractivity contribution in [3.63, 3.8) is 0 Å². The van der Waals surface area contributed by atoms with Gasteiger partial charge in [0.25, 0.3) is 0 Å². The van der Waals surface area contributed by atoms with Gasteiger partial charge < -0.3 is 42.1 Å². The number of fused-ring (bicyclic) bond motifs is 1. The van der Waals surface area contributed by atoms with Crippen molar-refractivity contribution < 1.29 is 68.5 Å². The summed E-state index contributed by atoms with van der Waals surface area (Å²) in [5.41, 5.74) is -2.54. The molecule has 0 unspecified atom stereocenters. The van der Waals surface area contributed by atoms with E-state index in [9.17, 15) is 26.4 Å². The number of hydrogen-bond donors (Lipinski definition) is 0. The van der Waals surface area contributed by atoms with Crippen molar-refractivity contribution in [3.8, 4) is 28.7 Å². The van der Waals surface area contributed by atoms with Gasteiger partial charge in [0.15, 0.2) is 11.5 Å². The number of esters is 1. The summed E-state index contributed by atoms with van der Waals surface area (Å²) in [4.78, 5) is 14.1. The number of rotatable bonds is 19. The van der Waals surface area contributed by atoms with E-state index in [1.165, 1.54) is 25.1 Å². The molecule has 0 aliphatic carbocycles. The number of aryl methyl sites for hydroxylation is 1. The Balaban J connectivity index is 1.19. The zero-order valence-electron chi connectivity index (χ0n) is 38.2. The molecule has 0 saturated carbocycles. The van der Waals surface area contributed by atoms with Gasteiger partial charge in [0.1, 0.15) is 47.7 Å². The first-order chi connectivity index (χ1) is 33.8. The summed E-state index contributed by atoms with van der Waals surface area (Å²) in [7, 11) is -5.16. The Hall–Kier alpha value is -6.95. The second-order valence-electron chi connectivity index (χ2n) is 16.3. The molecule has 1 aliphatic rings. The fourth-order valence-electron chi connectivity index (χ4n) is 7.89. The van der Waals surface area contributed by atoms with Gasteiger partial charge in [0, 0.05) is 5.39 Å². The van der Waals surface area contributed by atoms with E-state index in [-0.39, 0.29) is 43.3 Å². The molecule has 364 valence electrons. The van der Waals surface area contributed by atoms with Crippen LogP contribution < -0.4 is 23.1 Å². The fraction of sp³-hybridized carbons (Fsp3) is 0.241. The van der Waals surface area contributed by atoms with Crippen molar-refractivity contribution in [3.05, 3.63) is 197 Å². The molecular weight excluding hydrogens is 930 g/mol. The van der Waals surface area contributed by atoms with E-state index < -0.39 is 69.4 Å². The number of halogens is 3. The average Bonchev–Trinajstić information content (AvgIpc) is 3.36. The Bertz CT molecular complexity index is 2960. The van der Waals surface area contributed by atoms with Gasteiger partial charge in [-0.1, -0.05) is 133 Å². The third-order valence-corrected chi connectivity index (χ3v) is 12.3. The molecule has 16 heteroatoms. The van der Waals surface area contributed by atoms with Crippen LogP contribution >= 0.6 is 0 Å². The maximum Gasteiger partial charge on any atom is 0.534 e. The summed E-state index contributed by atoms with van der Waals surface area (Å²) in [5.74, 6) is -2.28. The van der Waals surface area contributed by atoms with Crippen molar-refractivity contribution in [1.29, 1.82) is 0 Å². The molecule has 1 saturated heterocycles. The second kappa shape index (κ2) is 22.2. The van der Waals surface area contributed by atoms with Crippen LogP contribution in [0.15, 0.2) is 164 Å². The van der Waals surface area contributed by atoms with Gasteiger partial charge in [-0.15, -0.1) is 0 Å². The molecular formula is C54H49F3O12S. The lowest BCUT2D eigenvalue weighted by Crippen LogP contribution is -2.60. The van der Waals surface area contributed by atoms with Crippen LogP contribution in [0.3, 0.4) is 0 Å². The average molecular weight is 979 g/mol. The maximum absolute atomic E-state index is 14.1. The first kappa shape index (κ1) is 49.5. The van der Waals surface area contributed by atoms with Crippen molar-refractivity contribution in [1.82, 2.24) is 0 Å². The summed E-state index contributed by atoms with van der Waals surface area (Å²) in [5, 5.41) is 0.594. The van der Waals surface area contributed by atoms with Crippen LogP contribution in [0.25, 0.3) is 10.8 Å². The number of ether oxygens (including phenoxy) is 8. The number of hydrogen-bond acceptors (Lipinski definition) is 12. The molecule has 1 fully saturated rings. The van der Waals surface area contributed by atoms with E-state index in [4.69, 9.17) is 37.9 Å². The Morgan fingerprint density at radius 1 is 0.600 bits per heavy atom. The van der Waals surface area contributed by atoms with Crippen molar-refractivity contribution in [2.75, 3.05) is 7.11 Å². The van der Waals surface area contributed by atoms with Crippen LogP contribution in [0.5, 0.6) is 28.7 Å². The highest BCUT2D eigenvalue weighted by molar-refractivity contribution is 7.88. The third kappa shape index (κ3) is 11.9. The predicted molar refractivity (Wildman–Crippen MR) is 253 cm³/mol. The number of methoxy groups -OCH3 is 1. The van der Waals surface area contributed by atoms with Gasteiger partial charge in [-0.05, 0) is 72.0 Å². The van der Waals surface area contributed by atoms with E-state index in [1.807, 2.05) is 128 Å². The number of benzene rings is 7. The van der Waals surface area contributed by atoms with Crippen LogP contribution in [-0.4, -0.2) is 57.7 Å². The number of carbonyl (C=O) groups is 1. The van der Waals surface area contributed by atoms with Crippen LogP contribution in [0.4, 0.5) is 13.2 Å². The highest BCUT2D eigenvalue weighted by Crippen LogP contribution is 2.43. The largest absolute Gasteiger partial charge is 0.534 e. The molecule has 0 N–H and O–H groups in total. The number of alkyl halides is 3. The van der Waals surface area contributed by atoms with E-state index in [0.29, 0.717) is 16.7 Å². The molecule has 0 spiro atoms. The minimum absolute atomic E-state index is 0.0872. The van der Waals surface area contributed by atoms with Gasteiger partial charge in [-0.3, -0.25) is 0 Å². The lowest BCUT2D eigenvalue weighted by atomic mass is 9.98. The van der Waals surface area contributed by atoms with E-state index in [2.05, 4.69) is 4.18 Å². The highest BCUT2D eigenvalue weighted by Gasteiger charge is 2.50. The van der Waals surface area contributed by atoms with E-state index in [1.54, 1.807) is 18.2 Å². The molecule has 70 heavy (non-hydrogen) atoms. The summed E-state index contributed by atoms with van der Waals surface area (Å²) >= 11 is 0. The molecule has 5 atom stereocenters. The van der Waals surface area contributed by atoms with Crippen LogP contribution in [-0.2, 0) is 55.5 Å². The van der Waals surface area contributed by atoms with Crippen molar-refractivity contribution in [2.45, 2.75) is 76.5 Å². The van der Waals surface area contributed by atoms with Gasteiger partial charge in [-0.2, -0.15) is 21.6 Å². The Morgan fingerprint density at radius 2 is 1.11 bits per heavy atom. The molecule has 0 bridgehead atoms. The molecule has 0 aromatic heterocycles. The topological polar surface area (TPSA) is 134 Å². The second-order valence-corrected chi connectivity index (χ2v) is 17.9. The third-order valence-electron chi connectivity index (χ3n) is 11.3. The Morgan fingerprint density at radius 3 is 1.66 bits per heavy atom. The molecule has 0 radical (unpaired) electrons. The zero-order valence-corrected chi connectivity index (χ0v) is 39.1. The molecule has 0 amide bonds. The van der Waals surface area contributed by atoms with Crippen molar-refractivity contribution >= 4 is 26.9 Å². The Labute approximate surface area is 403 Å². The normalized spacial score (nSPS) is 18.2. The quantitative estimate of drug-likeness (QED) is 0.0330. The minimum atomic E-state index is -6.24. The molecule has 7 aromatic rings. The zero-order chi connectivity index (χ0) is 49.3. The number of carbonyl (C=O) groups excluding carboxylic acids is 1. The molecule has 8 rings (SSSR count). The van der Waals surface area contributed by atoms with Crippen LogP contribution in [0.2, 0.25) is 0 Å². The van der Waals surface area contributed by atoms with Gasteiger partial charge >= 0.3 is 21.6 Å². The van der Waals surface area contributed by atoms with Crippen molar-refractivity contribution in [2.24, 2.45) is 0 Å². The first-order valence-corrected chi connectivity index (χ1v) is 23.6. The standard InChI is InChI=1S/C54H49F3O12S/c1-35-29-42(49(46(30-35)61-3)69-70(59,60)54(55,56)57)52(58)67-43-27-28-45(47-41(43)25-16-26-44(47)62-31-37-17-8-4-9-18-37)68-53-51(65-34-40-23-14-7-15-24-40)50(64-33-39-21-12-6-13-22-39)48(36(2)66-53)63-32-38-19-10-5-11-20-38/h4-30,36,48,50-51,53H,31-34H2,1-3H3/t36-,48-,50+,51+,53-/m0/s1. The molecule has 12 nitrogen and oxygen atoms in total. The lowest BCUT2D eigenvalue weighted by Gasteiger charge is -2.45. The monoisotopic (exact) mass is 978 g/mol. The van der Waals surface area contributed by atoms with E-state index in [0.717, 1.165) is 35.4 Å². The van der Waals surface area contributed by atoms with E-state index >= 15 is 0 Å². The first-order valence-electron chi connectivity index (χ1n) is 22.2. The van der Waals surface area contributed by atoms with Crippen LogP contribution in [0, 0.1) is 6.92 Å². The van der Waals surface area contributed by atoms with Gasteiger partial charge in [0.05, 0.1) is 38.4 Å².